The van der Waals surface area contributed by atoms with Gasteiger partial charge in [0.2, 0.25) is 0 Å². The van der Waals surface area contributed by atoms with E-state index < -0.39 is 0 Å². The van der Waals surface area contributed by atoms with E-state index in [0.29, 0.717) is 12.0 Å². The number of hydrogen-bond acceptors (Lipinski definition) is 3. The molecule has 0 aromatic heterocycles. The van der Waals surface area contributed by atoms with Crippen LogP contribution in [0.1, 0.15) is 34.1 Å². The summed E-state index contributed by atoms with van der Waals surface area (Å²) in [6, 6.07) is 0.344. The predicted molar refractivity (Wildman–Crippen MR) is 75.1 cm³/mol. The second-order valence-electron chi connectivity index (χ2n) is 6.04. The summed E-state index contributed by atoms with van der Waals surface area (Å²) >= 11 is 0. The first kappa shape index (κ1) is 14.9. The van der Waals surface area contributed by atoms with Crippen molar-refractivity contribution in [2.75, 3.05) is 39.3 Å². The molecule has 0 aromatic carbocycles. The maximum absolute atomic E-state index is 6.22. The van der Waals surface area contributed by atoms with E-state index in [1.807, 2.05) is 0 Å². The normalized spacial score (nSPS) is 22.9. The first-order valence-corrected chi connectivity index (χ1v) is 7.23. The Labute approximate surface area is 107 Å². The SMILES string of the molecule is CC[C@H](C)[C@H](N)CN1CCN(CC(C)C)CC1. The number of hydrogen-bond donors (Lipinski definition) is 1. The van der Waals surface area contributed by atoms with Crippen LogP contribution in [0, 0.1) is 11.8 Å². The molecule has 0 saturated carbocycles. The smallest absolute Gasteiger partial charge is 0.0193 e. The molecule has 3 heteroatoms. The molecule has 1 saturated heterocycles. The van der Waals surface area contributed by atoms with Crippen molar-refractivity contribution in [1.29, 1.82) is 0 Å². The summed E-state index contributed by atoms with van der Waals surface area (Å²) in [5, 5.41) is 0. The summed E-state index contributed by atoms with van der Waals surface area (Å²) in [5.41, 5.74) is 6.22. The van der Waals surface area contributed by atoms with Crippen molar-refractivity contribution < 1.29 is 0 Å². The van der Waals surface area contributed by atoms with Crippen molar-refractivity contribution in [2.24, 2.45) is 17.6 Å². The highest BCUT2D eigenvalue weighted by Gasteiger charge is 2.20. The third kappa shape index (κ3) is 5.36. The van der Waals surface area contributed by atoms with Crippen LogP contribution in [0.3, 0.4) is 0 Å². The number of piperazine rings is 1. The fourth-order valence-electron chi connectivity index (χ4n) is 2.45. The zero-order valence-electron chi connectivity index (χ0n) is 12.2. The molecule has 0 amide bonds. The molecule has 0 bridgehead atoms. The van der Waals surface area contributed by atoms with Gasteiger partial charge in [0.25, 0.3) is 0 Å². The van der Waals surface area contributed by atoms with Crippen LogP contribution in [0.25, 0.3) is 0 Å². The Morgan fingerprint density at radius 1 is 0.941 bits per heavy atom. The van der Waals surface area contributed by atoms with Crippen LogP contribution < -0.4 is 5.73 Å². The molecule has 0 aromatic rings. The standard InChI is InChI=1S/C14H31N3/c1-5-13(4)14(15)11-17-8-6-16(7-9-17)10-12(2)3/h12-14H,5-11,15H2,1-4H3/t13-,14+/m0/s1. The van der Waals surface area contributed by atoms with E-state index in [0.717, 1.165) is 12.5 Å². The van der Waals surface area contributed by atoms with Gasteiger partial charge in [-0.15, -0.1) is 0 Å². The highest BCUT2D eigenvalue weighted by atomic mass is 15.3. The third-order valence-electron chi connectivity index (χ3n) is 3.93. The first-order valence-electron chi connectivity index (χ1n) is 7.23. The van der Waals surface area contributed by atoms with Gasteiger partial charge < -0.3 is 10.6 Å². The molecule has 0 radical (unpaired) electrons. The molecule has 2 atom stereocenters. The van der Waals surface area contributed by atoms with Gasteiger partial charge in [0.1, 0.15) is 0 Å². The molecule has 1 aliphatic heterocycles. The van der Waals surface area contributed by atoms with Gasteiger partial charge in [0.15, 0.2) is 0 Å². The summed E-state index contributed by atoms with van der Waals surface area (Å²) in [5.74, 6) is 1.42. The fraction of sp³-hybridized carbons (Fsp3) is 1.00. The zero-order valence-corrected chi connectivity index (χ0v) is 12.2. The van der Waals surface area contributed by atoms with Gasteiger partial charge in [-0.3, -0.25) is 4.90 Å². The van der Waals surface area contributed by atoms with E-state index in [1.165, 1.54) is 39.1 Å². The highest BCUT2D eigenvalue weighted by Crippen LogP contribution is 2.10. The van der Waals surface area contributed by atoms with Crippen LogP contribution in [0.15, 0.2) is 0 Å². The van der Waals surface area contributed by atoms with Gasteiger partial charge in [-0.05, 0) is 11.8 Å². The van der Waals surface area contributed by atoms with Crippen molar-refractivity contribution >= 4 is 0 Å². The largest absolute Gasteiger partial charge is 0.326 e. The van der Waals surface area contributed by atoms with Crippen LogP contribution in [0.2, 0.25) is 0 Å². The Hall–Kier alpha value is -0.120. The average molecular weight is 241 g/mol. The molecule has 1 heterocycles. The van der Waals surface area contributed by atoms with E-state index in [2.05, 4.69) is 37.5 Å². The summed E-state index contributed by atoms with van der Waals surface area (Å²) in [6.45, 7) is 16.2. The average Bonchev–Trinajstić information content (AvgIpc) is 2.30. The lowest BCUT2D eigenvalue weighted by molar-refractivity contribution is 0.112. The van der Waals surface area contributed by atoms with Gasteiger partial charge in [-0.2, -0.15) is 0 Å². The highest BCUT2D eigenvalue weighted by molar-refractivity contribution is 4.78. The van der Waals surface area contributed by atoms with Gasteiger partial charge in [-0.1, -0.05) is 34.1 Å². The Bertz CT molecular complexity index is 198. The van der Waals surface area contributed by atoms with Crippen LogP contribution in [0.4, 0.5) is 0 Å². The maximum atomic E-state index is 6.22. The minimum atomic E-state index is 0.344. The molecule has 3 nitrogen and oxygen atoms in total. The number of rotatable bonds is 6. The summed E-state index contributed by atoms with van der Waals surface area (Å²) in [7, 11) is 0. The summed E-state index contributed by atoms with van der Waals surface area (Å²) < 4.78 is 0. The molecule has 17 heavy (non-hydrogen) atoms. The lowest BCUT2D eigenvalue weighted by atomic mass is 9.99. The van der Waals surface area contributed by atoms with Crippen LogP contribution in [-0.4, -0.2) is 55.1 Å². The van der Waals surface area contributed by atoms with Crippen molar-refractivity contribution in [3.8, 4) is 0 Å². The summed E-state index contributed by atoms with van der Waals surface area (Å²) in [4.78, 5) is 5.11. The molecule has 1 fully saturated rings. The second-order valence-corrected chi connectivity index (χ2v) is 6.04. The van der Waals surface area contributed by atoms with Crippen molar-refractivity contribution in [3.05, 3.63) is 0 Å². The monoisotopic (exact) mass is 241 g/mol. The molecule has 1 aliphatic rings. The summed E-state index contributed by atoms with van der Waals surface area (Å²) in [6.07, 6.45) is 1.19. The predicted octanol–water partition coefficient (Wildman–Crippen LogP) is 1.63. The van der Waals surface area contributed by atoms with Crippen molar-refractivity contribution in [1.82, 2.24) is 9.80 Å². The number of nitrogens with zero attached hydrogens (tertiary/aromatic N) is 2. The molecule has 0 unspecified atom stereocenters. The quantitative estimate of drug-likeness (QED) is 0.767. The second kappa shape index (κ2) is 7.34. The fourth-order valence-corrected chi connectivity index (χ4v) is 2.45. The lowest BCUT2D eigenvalue weighted by Crippen LogP contribution is -2.51. The van der Waals surface area contributed by atoms with Gasteiger partial charge in [-0.25, -0.2) is 0 Å². The Morgan fingerprint density at radius 2 is 1.41 bits per heavy atom. The molecule has 2 N–H and O–H groups in total. The Balaban J connectivity index is 2.23. The number of nitrogens with two attached hydrogens (primary N) is 1. The molecule has 1 rings (SSSR count). The molecule has 102 valence electrons. The zero-order chi connectivity index (χ0) is 12.8. The van der Waals surface area contributed by atoms with E-state index in [4.69, 9.17) is 5.73 Å². The van der Waals surface area contributed by atoms with E-state index in [1.54, 1.807) is 0 Å². The maximum Gasteiger partial charge on any atom is 0.0193 e. The van der Waals surface area contributed by atoms with E-state index in [-0.39, 0.29) is 0 Å². The van der Waals surface area contributed by atoms with Gasteiger partial charge in [0, 0.05) is 45.3 Å². The Kier molecular flexibility index (Phi) is 6.45. The Morgan fingerprint density at radius 3 is 1.82 bits per heavy atom. The van der Waals surface area contributed by atoms with Crippen molar-refractivity contribution in [2.45, 2.75) is 40.2 Å². The molecule has 0 aliphatic carbocycles. The van der Waals surface area contributed by atoms with E-state index in [9.17, 15) is 0 Å². The van der Waals surface area contributed by atoms with E-state index >= 15 is 0 Å². The molecular weight excluding hydrogens is 210 g/mol. The topological polar surface area (TPSA) is 32.5 Å². The van der Waals surface area contributed by atoms with Crippen molar-refractivity contribution in [3.63, 3.8) is 0 Å². The molecule has 0 spiro atoms. The van der Waals surface area contributed by atoms with Crippen LogP contribution >= 0.6 is 0 Å². The third-order valence-corrected chi connectivity index (χ3v) is 3.93. The van der Waals surface area contributed by atoms with Gasteiger partial charge >= 0.3 is 0 Å². The lowest BCUT2D eigenvalue weighted by Gasteiger charge is -2.37. The minimum absolute atomic E-state index is 0.344. The minimum Gasteiger partial charge on any atom is -0.326 e. The first-order chi connectivity index (χ1) is 8.02. The van der Waals surface area contributed by atoms with Gasteiger partial charge in [0.05, 0.1) is 0 Å². The van der Waals surface area contributed by atoms with Crippen LogP contribution in [0.5, 0.6) is 0 Å². The molecular formula is C14H31N3. The van der Waals surface area contributed by atoms with Crippen LogP contribution in [-0.2, 0) is 0 Å².